The van der Waals surface area contributed by atoms with Gasteiger partial charge in [0.25, 0.3) is 5.91 Å². The zero-order valence-corrected chi connectivity index (χ0v) is 12.9. The van der Waals surface area contributed by atoms with Crippen LogP contribution < -0.4 is 5.32 Å². The first kappa shape index (κ1) is 16.3. The summed E-state index contributed by atoms with van der Waals surface area (Å²) >= 11 is 0. The van der Waals surface area contributed by atoms with Crippen LogP contribution in [0.5, 0.6) is 5.75 Å². The minimum Gasteiger partial charge on any atom is -0.507 e. The molecule has 2 amide bonds. The Kier molecular flexibility index (Phi) is 4.71. The molecule has 0 radical (unpaired) electrons. The number of carbonyl (C=O) groups excluding carboxylic acids is 2. The molecule has 2 rings (SSSR count). The second kappa shape index (κ2) is 6.36. The summed E-state index contributed by atoms with van der Waals surface area (Å²) in [6, 6.07) is 4.41. The summed E-state index contributed by atoms with van der Waals surface area (Å²) in [6.07, 6.45) is 1.72. The molecule has 0 saturated carbocycles. The topological polar surface area (TPSA) is 89.9 Å². The Morgan fingerprint density at radius 3 is 2.50 bits per heavy atom. The molecule has 1 heterocycles. The van der Waals surface area contributed by atoms with Gasteiger partial charge in [-0.1, -0.05) is 6.92 Å². The normalized spacial score (nSPS) is 17.1. The van der Waals surface area contributed by atoms with E-state index in [2.05, 4.69) is 5.32 Å². The number of nitrogens with zero attached hydrogens (tertiary/aromatic N) is 1. The molecule has 1 fully saturated rings. The van der Waals surface area contributed by atoms with Crippen LogP contribution in [0.1, 0.15) is 43.5 Å². The van der Waals surface area contributed by atoms with Crippen LogP contribution in [0.4, 0.5) is 5.69 Å². The Morgan fingerprint density at radius 1 is 1.32 bits per heavy atom. The highest BCUT2D eigenvalue weighted by atomic mass is 16.3. The Balaban J connectivity index is 2.14. The molecule has 1 saturated heterocycles. The molecule has 0 spiro atoms. The lowest BCUT2D eigenvalue weighted by Crippen LogP contribution is -2.46. The first-order chi connectivity index (χ1) is 10.3. The van der Waals surface area contributed by atoms with Crippen molar-refractivity contribution in [2.24, 2.45) is 0 Å². The lowest BCUT2D eigenvalue weighted by molar-refractivity contribution is -0.114. The van der Waals surface area contributed by atoms with E-state index in [-0.39, 0.29) is 23.1 Å². The van der Waals surface area contributed by atoms with Crippen molar-refractivity contribution in [1.29, 1.82) is 0 Å². The van der Waals surface area contributed by atoms with Crippen molar-refractivity contribution in [3.63, 3.8) is 0 Å². The van der Waals surface area contributed by atoms with Crippen molar-refractivity contribution in [2.45, 2.75) is 38.7 Å². The molecule has 0 bridgehead atoms. The van der Waals surface area contributed by atoms with E-state index < -0.39 is 5.60 Å². The zero-order chi connectivity index (χ0) is 16.3. The summed E-state index contributed by atoms with van der Waals surface area (Å²) in [5.74, 6) is -0.645. The molecule has 1 aliphatic heterocycles. The fourth-order valence-electron chi connectivity index (χ4n) is 2.64. The lowest BCUT2D eigenvalue weighted by atomic mass is 9.89. The van der Waals surface area contributed by atoms with Gasteiger partial charge in [-0.15, -0.1) is 0 Å². The average Bonchev–Trinajstić information content (AvgIpc) is 2.49. The van der Waals surface area contributed by atoms with Crippen LogP contribution in [0, 0.1) is 0 Å². The lowest BCUT2D eigenvalue weighted by Gasteiger charge is -2.37. The van der Waals surface area contributed by atoms with Gasteiger partial charge in [-0.25, -0.2) is 0 Å². The third-order valence-corrected chi connectivity index (χ3v) is 4.19. The number of amides is 2. The molecular formula is C16H22N2O4. The first-order valence-corrected chi connectivity index (χ1v) is 7.47. The van der Waals surface area contributed by atoms with Crippen LogP contribution in [-0.4, -0.2) is 45.6 Å². The minimum atomic E-state index is -0.698. The summed E-state index contributed by atoms with van der Waals surface area (Å²) < 4.78 is 0. The SMILES string of the molecule is CCC1(O)CCN(C(=O)c2cc(NC(C)=O)ccc2O)CC1. The van der Waals surface area contributed by atoms with Crippen molar-refractivity contribution >= 4 is 17.5 Å². The summed E-state index contributed by atoms with van der Waals surface area (Å²) in [6.45, 7) is 4.21. The van der Waals surface area contributed by atoms with E-state index in [1.54, 1.807) is 11.0 Å². The number of hydrogen-bond donors (Lipinski definition) is 3. The third kappa shape index (κ3) is 3.57. The predicted octanol–water partition coefficient (Wildman–Crippen LogP) is 1.73. The number of carbonyl (C=O) groups is 2. The zero-order valence-electron chi connectivity index (χ0n) is 12.9. The molecule has 0 aromatic heterocycles. The van der Waals surface area contributed by atoms with Gasteiger partial charge in [-0.3, -0.25) is 9.59 Å². The quantitative estimate of drug-likeness (QED) is 0.742. The molecule has 1 aromatic carbocycles. The van der Waals surface area contributed by atoms with Gasteiger partial charge < -0.3 is 20.4 Å². The van der Waals surface area contributed by atoms with Crippen LogP contribution in [0.25, 0.3) is 0 Å². The highest BCUT2D eigenvalue weighted by molar-refractivity contribution is 5.99. The third-order valence-electron chi connectivity index (χ3n) is 4.19. The molecule has 1 aromatic rings. The Bertz CT molecular complexity index is 578. The molecule has 6 heteroatoms. The number of aliphatic hydroxyl groups is 1. The number of anilines is 1. The smallest absolute Gasteiger partial charge is 0.257 e. The van der Waals surface area contributed by atoms with E-state index in [1.165, 1.54) is 19.1 Å². The van der Waals surface area contributed by atoms with Crippen molar-refractivity contribution < 1.29 is 19.8 Å². The maximum Gasteiger partial charge on any atom is 0.257 e. The highest BCUT2D eigenvalue weighted by Gasteiger charge is 2.33. The van der Waals surface area contributed by atoms with Gasteiger partial charge in [0, 0.05) is 25.7 Å². The fraction of sp³-hybridized carbons (Fsp3) is 0.500. The van der Waals surface area contributed by atoms with E-state index in [0.717, 1.165) is 0 Å². The van der Waals surface area contributed by atoms with Gasteiger partial charge in [0.1, 0.15) is 5.75 Å². The number of nitrogens with one attached hydrogen (secondary N) is 1. The van der Waals surface area contributed by atoms with Crippen LogP contribution >= 0.6 is 0 Å². The van der Waals surface area contributed by atoms with Gasteiger partial charge in [0.2, 0.25) is 5.91 Å². The Labute approximate surface area is 129 Å². The van der Waals surface area contributed by atoms with Crippen molar-refractivity contribution in [2.75, 3.05) is 18.4 Å². The van der Waals surface area contributed by atoms with Crippen LogP contribution in [0.15, 0.2) is 18.2 Å². The maximum atomic E-state index is 12.5. The molecule has 0 aliphatic carbocycles. The molecule has 0 atom stereocenters. The number of aromatic hydroxyl groups is 1. The predicted molar refractivity (Wildman–Crippen MR) is 82.8 cm³/mol. The number of rotatable bonds is 3. The molecular weight excluding hydrogens is 284 g/mol. The van der Waals surface area contributed by atoms with Crippen molar-refractivity contribution in [1.82, 2.24) is 4.90 Å². The second-order valence-corrected chi connectivity index (χ2v) is 5.78. The second-order valence-electron chi connectivity index (χ2n) is 5.78. The van der Waals surface area contributed by atoms with Gasteiger partial charge in [-0.2, -0.15) is 0 Å². The Hall–Kier alpha value is -2.08. The Morgan fingerprint density at radius 2 is 1.95 bits per heavy atom. The van der Waals surface area contributed by atoms with E-state index in [4.69, 9.17) is 0 Å². The minimum absolute atomic E-state index is 0.115. The molecule has 6 nitrogen and oxygen atoms in total. The van der Waals surface area contributed by atoms with E-state index in [0.29, 0.717) is 38.0 Å². The molecule has 3 N–H and O–H groups in total. The number of phenols is 1. The largest absolute Gasteiger partial charge is 0.507 e. The molecule has 120 valence electrons. The summed E-state index contributed by atoms with van der Waals surface area (Å²) in [7, 11) is 0. The van der Waals surface area contributed by atoms with Crippen molar-refractivity contribution in [3.8, 4) is 5.75 Å². The van der Waals surface area contributed by atoms with Crippen molar-refractivity contribution in [3.05, 3.63) is 23.8 Å². The van der Waals surface area contributed by atoms with E-state index in [9.17, 15) is 19.8 Å². The van der Waals surface area contributed by atoms with Gasteiger partial charge in [-0.05, 0) is 37.5 Å². The standard InChI is InChI=1S/C16H22N2O4/c1-3-16(22)6-8-18(9-7-16)15(21)13-10-12(17-11(2)19)4-5-14(13)20/h4-5,10,20,22H,3,6-9H2,1-2H3,(H,17,19). The van der Waals surface area contributed by atoms with Crippen LogP contribution in [0.3, 0.4) is 0 Å². The van der Waals surface area contributed by atoms with E-state index in [1.807, 2.05) is 6.92 Å². The van der Waals surface area contributed by atoms with Crippen LogP contribution in [-0.2, 0) is 4.79 Å². The first-order valence-electron chi connectivity index (χ1n) is 7.47. The molecule has 1 aliphatic rings. The number of phenolic OH excluding ortho intramolecular Hbond substituents is 1. The van der Waals surface area contributed by atoms with Crippen LogP contribution in [0.2, 0.25) is 0 Å². The van der Waals surface area contributed by atoms with Gasteiger partial charge in [0.05, 0.1) is 11.2 Å². The molecule has 22 heavy (non-hydrogen) atoms. The average molecular weight is 306 g/mol. The monoisotopic (exact) mass is 306 g/mol. The number of benzene rings is 1. The summed E-state index contributed by atoms with van der Waals surface area (Å²) in [5, 5.41) is 22.7. The number of likely N-dealkylation sites (tertiary alicyclic amines) is 1. The highest BCUT2D eigenvalue weighted by Crippen LogP contribution is 2.28. The summed E-state index contributed by atoms with van der Waals surface area (Å²) in [5.41, 5.74) is -0.0689. The number of hydrogen-bond acceptors (Lipinski definition) is 4. The maximum absolute atomic E-state index is 12.5. The number of piperidine rings is 1. The molecule has 0 unspecified atom stereocenters. The van der Waals surface area contributed by atoms with E-state index >= 15 is 0 Å². The van der Waals surface area contributed by atoms with Gasteiger partial charge in [0.15, 0.2) is 0 Å². The summed E-state index contributed by atoms with van der Waals surface area (Å²) in [4.78, 5) is 25.2. The van der Waals surface area contributed by atoms with Gasteiger partial charge >= 0.3 is 0 Å². The fourth-order valence-corrected chi connectivity index (χ4v) is 2.64.